The van der Waals surface area contributed by atoms with Gasteiger partial charge in [-0.2, -0.15) is 0 Å². The van der Waals surface area contributed by atoms with E-state index in [1.807, 2.05) is 12.1 Å². The Hall–Kier alpha value is -1.13. The predicted octanol–water partition coefficient (Wildman–Crippen LogP) is 2.10. The van der Waals surface area contributed by atoms with E-state index >= 15 is 0 Å². The van der Waals surface area contributed by atoms with Gasteiger partial charge in [0.05, 0.1) is 0 Å². The second-order valence-corrected chi connectivity index (χ2v) is 5.25. The summed E-state index contributed by atoms with van der Waals surface area (Å²) in [4.78, 5) is 5.03. The minimum atomic E-state index is 0.450. The van der Waals surface area contributed by atoms with Gasteiger partial charge in [0.1, 0.15) is 4.99 Å². The largest absolute Gasteiger partial charge is 0.389 e. The Morgan fingerprint density at radius 2 is 1.83 bits per heavy atom. The van der Waals surface area contributed by atoms with Crippen LogP contribution in [0.5, 0.6) is 0 Å². The minimum Gasteiger partial charge on any atom is -0.389 e. The highest BCUT2D eigenvalue weighted by atomic mass is 32.1. The van der Waals surface area contributed by atoms with Gasteiger partial charge in [0, 0.05) is 30.4 Å². The van der Waals surface area contributed by atoms with Gasteiger partial charge in [0.15, 0.2) is 0 Å². The molecule has 0 aliphatic carbocycles. The average Bonchev–Trinajstić information content (AvgIpc) is 2.29. The molecule has 0 spiro atoms. The topological polar surface area (TPSA) is 32.5 Å². The summed E-state index contributed by atoms with van der Waals surface area (Å²) in [5.74, 6) is 0. The summed E-state index contributed by atoms with van der Waals surface area (Å²) in [5, 5.41) is 0. The lowest BCUT2D eigenvalue weighted by molar-refractivity contribution is 0.373. The fourth-order valence-electron chi connectivity index (χ4n) is 2.19. The second kappa shape index (κ2) is 6.71. The zero-order valence-corrected chi connectivity index (χ0v) is 12.5. The van der Waals surface area contributed by atoms with Crippen molar-refractivity contribution in [3.63, 3.8) is 0 Å². The van der Waals surface area contributed by atoms with Gasteiger partial charge < -0.3 is 15.5 Å². The van der Waals surface area contributed by atoms with Gasteiger partial charge in [-0.1, -0.05) is 12.2 Å². The maximum absolute atomic E-state index is 5.61. The van der Waals surface area contributed by atoms with Gasteiger partial charge in [-0.3, -0.25) is 0 Å². The molecule has 0 heterocycles. The zero-order valence-electron chi connectivity index (χ0n) is 11.7. The fourth-order valence-corrected chi connectivity index (χ4v) is 2.33. The summed E-state index contributed by atoms with van der Waals surface area (Å²) in [6, 6.07) is 8.63. The number of hydrogen-bond donors (Lipinski definition) is 1. The highest BCUT2D eigenvalue weighted by Crippen LogP contribution is 2.18. The number of likely N-dealkylation sites (N-methyl/N-ethyl adjacent to an activating group) is 2. The number of hydrogen-bond acceptors (Lipinski definition) is 3. The van der Waals surface area contributed by atoms with Crippen LogP contribution >= 0.6 is 12.2 Å². The first-order valence-electron chi connectivity index (χ1n) is 6.27. The molecule has 0 radical (unpaired) electrons. The van der Waals surface area contributed by atoms with Crippen molar-refractivity contribution in [1.82, 2.24) is 4.90 Å². The Morgan fingerprint density at radius 1 is 1.28 bits per heavy atom. The molecule has 4 heteroatoms. The van der Waals surface area contributed by atoms with Crippen LogP contribution in [0.15, 0.2) is 24.3 Å². The lowest BCUT2D eigenvalue weighted by atomic mass is 10.1. The Labute approximate surface area is 116 Å². The quantitative estimate of drug-likeness (QED) is 0.798. The summed E-state index contributed by atoms with van der Waals surface area (Å²) < 4.78 is 0. The van der Waals surface area contributed by atoms with Gasteiger partial charge in [-0.25, -0.2) is 0 Å². The third-order valence-electron chi connectivity index (χ3n) is 2.99. The van der Waals surface area contributed by atoms with Crippen molar-refractivity contribution in [2.45, 2.75) is 19.9 Å². The molecule has 0 amide bonds. The van der Waals surface area contributed by atoms with Gasteiger partial charge >= 0.3 is 0 Å². The van der Waals surface area contributed by atoms with E-state index in [4.69, 9.17) is 18.0 Å². The Kier molecular flexibility index (Phi) is 5.56. The molecule has 0 fully saturated rings. The van der Waals surface area contributed by atoms with E-state index in [0.29, 0.717) is 11.0 Å². The highest BCUT2D eigenvalue weighted by Gasteiger charge is 2.13. The number of anilines is 1. The molecule has 1 aromatic carbocycles. The van der Waals surface area contributed by atoms with Crippen LogP contribution in [0.2, 0.25) is 0 Å². The molecule has 1 atom stereocenters. The van der Waals surface area contributed by atoms with E-state index < -0.39 is 0 Å². The Balaban J connectivity index is 2.85. The summed E-state index contributed by atoms with van der Waals surface area (Å²) in [7, 11) is 4.20. The SMILES string of the molecule is CCN(c1ccc(C(N)=S)cc1)C(C)CN(C)C. The predicted molar refractivity (Wildman–Crippen MR) is 83.4 cm³/mol. The first-order valence-corrected chi connectivity index (χ1v) is 6.67. The maximum atomic E-state index is 5.61. The van der Waals surface area contributed by atoms with Crippen LogP contribution in [0.4, 0.5) is 5.69 Å². The van der Waals surface area contributed by atoms with Crippen LogP contribution in [0.1, 0.15) is 19.4 Å². The van der Waals surface area contributed by atoms with Gasteiger partial charge in [-0.15, -0.1) is 0 Å². The molecular formula is C14H23N3S. The van der Waals surface area contributed by atoms with Crippen molar-refractivity contribution in [1.29, 1.82) is 0 Å². The molecule has 1 aromatic rings. The van der Waals surface area contributed by atoms with Crippen LogP contribution < -0.4 is 10.6 Å². The molecule has 2 N–H and O–H groups in total. The summed E-state index contributed by atoms with van der Waals surface area (Å²) in [5.41, 5.74) is 7.75. The number of nitrogens with zero attached hydrogens (tertiary/aromatic N) is 2. The van der Waals surface area contributed by atoms with Crippen molar-refractivity contribution >= 4 is 22.9 Å². The average molecular weight is 265 g/mol. The normalized spacial score (nSPS) is 12.5. The molecule has 0 aromatic heterocycles. The van der Waals surface area contributed by atoms with Gasteiger partial charge in [0.25, 0.3) is 0 Å². The summed E-state index contributed by atoms with van der Waals surface area (Å²) >= 11 is 4.97. The molecule has 0 saturated heterocycles. The van der Waals surface area contributed by atoms with Crippen molar-refractivity contribution in [2.24, 2.45) is 5.73 Å². The third kappa shape index (κ3) is 3.96. The molecule has 100 valence electrons. The van der Waals surface area contributed by atoms with E-state index in [9.17, 15) is 0 Å². The highest BCUT2D eigenvalue weighted by molar-refractivity contribution is 7.80. The molecule has 3 nitrogen and oxygen atoms in total. The fraction of sp³-hybridized carbons (Fsp3) is 0.500. The van der Waals surface area contributed by atoms with E-state index in [2.05, 4.69) is 49.9 Å². The van der Waals surface area contributed by atoms with Crippen LogP contribution in [0, 0.1) is 0 Å². The minimum absolute atomic E-state index is 0.450. The summed E-state index contributed by atoms with van der Waals surface area (Å²) in [6.45, 7) is 6.44. The number of rotatable bonds is 6. The van der Waals surface area contributed by atoms with Gasteiger partial charge in [-0.05, 0) is 52.2 Å². The number of nitrogens with two attached hydrogens (primary N) is 1. The maximum Gasteiger partial charge on any atom is 0.103 e. The molecule has 1 unspecified atom stereocenters. The Bertz CT molecular complexity index is 387. The molecular weight excluding hydrogens is 242 g/mol. The molecule has 0 saturated carbocycles. The first kappa shape index (κ1) is 14.9. The molecule has 0 aliphatic heterocycles. The van der Waals surface area contributed by atoms with Crippen molar-refractivity contribution < 1.29 is 0 Å². The number of benzene rings is 1. The number of thiocarbonyl (C=S) groups is 1. The van der Waals surface area contributed by atoms with Crippen LogP contribution in [-0.2, 0) is 0 Å². The van der Waals surface area contributed by atoms with Crippen molar-refractivity contribution in [3.05, 3.63) is 29.8 Å². The van der Waals surface area contributed by atoms with E-state index in [1.165, 1.54) is 5.69 Å². The Morgan fingerprint density at radius 3 is 2.22 bits per heavy atom. The van der Waals surface area contributed by atoms with Crippen molar-refractivity contribution in [3.8, 4) is 0 Å². The van der Waals surface area contributed by atoms with E-state index in [0.717, 1.165) is 18.7 Å². The van der Waals surface area contributed by atoms with Crippen LogP contribution in [0.3, 0.4) is 0 Å². The molecule has 0 aliphatic rings. The summed E-state index contributed by atoms with van der Waals surface area (Å²) in [6.07, 6.45) is 0. The van der Waals surface area contributed by atoms with Crippen LogP contribution in [0.25, 0.3) is 0 Å². The smallest absolute Gasteiger partial charge is 0.103 e. The van der Waals surface area contributed by atoms with E-state index in [-0.39, 0.29) is 0 Å². The van der Waals surface area contributed by atoms with E-state index in [1.54, 1.807) is 0 Å². The van der Waals surface area contributed by atoms with Crippen LogP contribution in [-0.4, -0.2) is 43.1 Å². The van der Waals surface area contributed by atoms with Crippen molar-refractivity contribution in [2.75, 3.05) is 32.1 Å². The first-order chi connectivity index (χ1) is 8.45. The molecule has 1 rings (SSSR count). The monoisotopic (exact) mass is 265 g/mol. The van der Waals surface area contributed by atoms with Gasteiger partial charge in [0.2, 0.25) is 0 Å². The third-order valence-corrected chi connectivity index (χ3v) is 3.22. The molecule has 18 heavy (non-hydrogen) atoms. The second-order valence-electron chi connectivity index (χ2n) is 4.81. The zero-order chi connectivity index (χ0) is 13.7. The lowest BCUT2D eigenvalue weighted by Crippen LogP contribution is -2.40. The standard InChI is InChI=1S/C14H23N3S/c1-5-17(11(2)10-16(3)4)13-8-6-12(7-9-13)14(15)18/h6-9,11H,5,10H2,1-4H3,(H2,15,18). The molecule has 0 bridgehead atoms. The lowest BCUT2D eigenvalue weighted by Gasteiger charge is -2.32.